The summed E-state index contributed by atoms with van der Waals surface area (Å²) in [4.78, 5) is 26.9. The Balaban J connectivity index is 1.34. The number of carbonyl (C=O) groups excluding carboxylic acids is 2. The van der Waals surface area contributed by atoms with Crippen LogP contribution in [0.4, 0.5) is 13.6 Å². The van der Waals surface area contributed by atoms with Crippen LogP contribution >= 0.6 is 0 Å². The zero-order valence-corrected chi connectivity index (χ0v) is 21.7. The molecule has 36 heavy (non-hydrogen) atoms. The number of likely N-dealkylation sites (tertiary alicyclic amines) is 1. The van der Waals surface area contributed by atoms with Gasteiger partial charge in [-0.25, -0.2) is 13.6 Å². The SMILES string of the molecule is CC(C)(C)OC(=O)NC1CCN(C(=O)C2(F)CCC2)CC1CO[C@H]1CC[C@@H](c2cccc(F)c2)CC1. The highest BCUT2D eigenvalue weighted by Crippen LogP contribution is 2.39. The first-order valence-electron chi connectivity index (χ1n) is 13.4. The van der Waals surface area contributed by atoms with Crippen LogP contribution in [0.25, 0.3) is 0 Å². The van der Waals surface area contributed by atoms with E-state index in [1.807, 2.05) is 26.8 Å². The Morgan fingerprint density at radius 1 is 1.14 bits per heavy atom. The number of hydrogen-bond donors (Lipinski definition) is 1. The first kappa shape index (κ1) is 26.8. The number of benzene rings is 1. The second kappa shape index (κ2) is 11.0. The van der Waals surface area contributed by atoms with Crippen molar-refractivity contribution < 1.29 is 27.8 Å². The van der Waals surface area contributed by atoms with E-state index in [9.17, 15) is 18.4 Å². The third kappa shape index (κ3) is 6.75. The number of carbonyl (C=O) groups is 2. The predicted molar refractivity (Wildman–Crippen MR) is 133 cm³/mol. The lowest BCUT2D eigenvalue weighted by Crippen LogP contribution is -2.58. The van der Waals surface area contributed by atoms with E-state index in [0.29, 0.717) is 32.0 Å². The molecule has 3 fully saturated rings. The molecule has 2 atom stereocenters. The van der Waals surface area contributed by atoms with Crippen molar-refractivity contribution in [3.63, 3.8) is 0 Å². The second-order valence-corrected chi connectivity index (χ2v) is 11.7. The van der Waals surface area contributed by atoms with Gasteiger partial charge in [-0.3, -0.25) is 4.79 Å². The van der Waals surface area contributed by atoms with Gasteiger partial charge in [0.1, 0.15) is 11.4 Å². The number of halogens is 2. The maximum Gasteiger partial charge on any atom is 0.407 e. The van der Waals surface area contributed by atoms with E-state index in [1.165, 1.54) is 6.07 Å². The zero-order valence-electron chi connectivity index (χ0n) is 21.7. The summed E-state index contributed by atoms with van der Waals surface area (Å²) in [5.74, 6) is -0.458. The van der Waals surface area contributed by atoms with Gasteiger partial charge in [0.15, 0.2) is 5.67 Å². The van der Waals surface area contributed by atoms with Crippen LogP contribution in [0.5, 0.6) is 0 Å². The fraction of sp³-hybridized carbons (Fsp3) is 0.714. The standard InChI is InChI=1S/C28H40F2N2O4/c1-27(2,3)36-26(34)31-24-12-15-32(25(33)28(30)13-5-14-28)17-21(24)18-35-23-10-8-19(9-11-23)20-6-4-7-22(29)16-20/h4,6-7,16,19,21,23-24H,5,8-15,17-18H2,1-3H3,(H,31,34)/t19-,21?,23+,24?. The van der Waals surface area contributed by atoms with Crippen LogP contribution in [0, 0.1) is 11.7 Å². The smallest absolute Gasteiger partial charge is 0.407 e. The van der Waals surface area contributed by atoms with Gasteiger partial charge in [0, 0.05) is 25.0 Å². The number of alkyl carbamates (subject to hydrolysis) is 1. The molecule has 2 unspecified atom stereocenters. The average molecular weight is 507 g/mol. The summed E-state index contributed by atoms with van der Waals surface area (Å²) in [6.45, 7) is 6.57. The van der Waals surface area contributed by atoms with Gasteiger partial charge in [-0.05, 0) is 95.8 Å². The summed E-state index contributed by atoms with van der Waals surface area (Å²) in [5, 5.41) is 2.96. The first-order valence-corrected chi connectivity index (χ1v) is 13.4. The molecule has 0 radical (unpaired) electrons. The highest BCUT2D eigenvalue weighted by molar-refractivity contribution is 5.86. The van der Waals surface area contributed by atoms with Crippen LogP contribution in [0.3, 0.4) is 0 Å². The van der Waals surface area contributed by atoms with Gasteiger partial charge < -0.3 is 19.7 Å². The minimum atomic E-state index is -1.73. The van der Waals surface area contributed by atoms with Crippen molar-refractivity contribution in [2.75, 3.05) is 19.7 Å². The molecule has 0 bridgehead atoms. The molecule has 2 aliphatic carbocycles. The lowest BCUT2D eigenvalue weighted by atomic mass is 9.80. The minimum absolute atomic E-state index is 0.0715. The number of piperidine rings is 1. The molecular formula is C28H40F2N2O4. The monoisotopic (exact) mass is 506 g/mol. The molecule has 2 saturated carbocycles. The third-order valence-corrected chi connectivity index (χ3v) is 7.79. The van der Waals surface area contributed by atoms with Crippen molar-refractivity contribution in [1.82, 2.24) is 10.2 Å². The van der Waals surface area contributed by atoms with E-state index < -0.39 is 23.3 Å². The molecule has 1 N–H and O–H groups in total. The highest BCUT2D eigenvalue weighted by atomic mass is 19.1. The molecule has 6 nitrogen and oxygen atoms in total. The molecule has 0 aromatic heterocycles. The number of amides is 2. The van der Waals surface area contributed by atoms with E-state index in [2.05, 4.69) is 5.32 Å². The molecule has 3 aliphatic rings. The van der Waals surface area contributed by atoms with Crippen molar-refractivity contribution in [1.29, 1.82) is 0 Å². The fourth-order valence-electron chi connectivity index (χ4n) is 5.60. The Morgan fingerprint density at radius 3 is 2.47 bits per heavy atom. The fourth-order valence-corrected chi connectivity index (χ4v) is 5.60. The zero-order chi connectivity index (χ0) is 25.9. The van der Waals surface area contributed by atoms with Gasteiger partial charge in [-0.2, -0.15) is 0 Å². The molecular weight excluding hydrogens is 466 g/mol. The van der Waals surface area contributed by atoms with Crippen molar-refractivity contribution in [3.8, 4) is 0 Å². The average Bonchev–Trinajstić information content (AvgIpc) is 2.80. The molecule has 1 heterocycles. The highest BCUT2D eigenvalue weighted by Gasteiger charge is 2.48. The number of ether oxygens (including phenoxy) is 2. The molecule has 1 saturated heterocycles. The lowest BCUT2D eigenvalue weighted by Gasteiger charge is -2.43. The van der Waals surface area contributed by atoms with Gasteiger partial charge in [-0.1, -0.05) is 12.1 Å². The van der Waals surface area contributed by atoms with Gasteiger partial charge in [0.05, 0.1) is 12.7 Å². The molecule has 4 rings (SSSR count). The second-order valence-electron chi connectivity index (χ2n) is 11.7. The Kier molecular flexibility index (Phi) is 8.22. The number of alkyl halides is 1. The Morgan fingerprint density at radius 2 is 1.86 bits per heavy atom. The van der Waals surface area contributed by atoms with Gasteiger partial charge in [0.25, 0.3) is 5.91 Å². The number of nitrogens with zero attached hydrogens (tertiary/aromatic N) is 1. The van der Waals surface area contributed by atoms with Crippen LogP contribution in [-0.4, -0.2) is 60.0 Å². The van der Waals surface area contributed by atoms with E-state index in [-0.39, 0.29) is 36.7 Å². The van der Waals surface area contributed by atoms with Crippen LogP contribution in [-0.2, 0) is 14.3 Å². The van der Waals surface area contributed by atoms with Crippen molar-refractivity contribution in [2.45, 2.75) is 101 Å². The molecule has 8 heteroatoms. The number of hydrogen-bond acceptors (Lipinski definition) is 4. The minimum Gasteiger partial charge on any atom is -0.444 e. The predicted octanol–water partition coefficient (Wildman–Crippen LogP) is 5.50. The van der Waals surface area contributed by atoms with E-state index in [1.54, 1.807) is 17.0 Å². The first-order chi connectivity index (χ1) is 17.0. The largest absolute Gasteiger partial charge is 0.444 e. The maximum absolute atomic E-state index is 14.8. The summed E-state index contributed by atoms with van der Waals surface area (Å²) in [6.07, 6.45) is 5.01. The van der Waals surface area contributed by atoms with Gasteiger partial charge >= 0.3 is 6.09 Å². The Hall–Kier alpha value is -2.22. The Bertz CT molecular complexity index is 922. The van der Waals surface area contributed by atoms with E-state index >= 15 is 0 Å². The van der Waals surface area contributed by atoms with E-state index in [0.717, 1.165) is 37.7 Å². The van der Waals surface area contributed by atoms with Crippen molar-refractivity contribution in [3.05, 3.63) is 35.6 Å². The van der Waals surface area contributed by atoms with E-state index in [4.69, 9.17) is 9.47 Å². The molecule has 0 spiro atoms. The molecule has 1 aromatic carbocycles. The summed E-state index contributed by atoms with van der Waals surface area (Å²) in [6, 6.07) is 6.60. The molecule has 200 valence electrons. The van der Waals surface area contributed by atoms with Crippen LogP contribution in [0.2, 0.25) is 0 Å². The molecule has 1 aromatic rings. The maximum atomic E-state index is 14.8. The van der Waals surface area contributed by atoms with Gasteiger partial charge in [0.2, 0.25) is 0 Å². The normalized spacial score (nSPS) is 28.2. The van der Waals surface area contributed by atoms with Crippen molar-refractivity contribution >= 4 is 12.0 Å². The summed E-state index contributed by atoms with van der Waals surface area (Å²) < 4.78 is 40.2. The summed E-state index contributed by atoms with van der Waals surface area (Å²) in [5.41, 5.74) is -1.31. The lowest BCUT2D eigenvalue weighted by molar-refractivity contribution is -0.153. The Labute approximate surface area is 213 Å². The van der Waals surface area contributed by atoms with Crippen LogP contribution < -0.4 is 5.32 Å². The topological polar surface area (TPSA) is 67.9 Å². The molecule has 2 amide bonds. The quantitative estimate of drug-likeness (QED) is 0.553. The third-order valence-electron chi connectivity index (χ3n) is 7.79. The van der Waals surface area contributed by atoms with Crippen LogP contribution in [0.1, 0.15) is 83.6 Å². The molecule has 1 aliphatic heterocycles. The summed E-state index contributed by atoms with van der Waals surface area (Å²) >= 11 is 0. The number of rotatable bonds is 6. The summed E-state index contributed by atoms with van der Waals surface area (Å²) in [7, 11) is 0. The number of nitrogens with one attached hydrogen (secondary N) is 1. The van der Waals surface area contributed by atoms with Crippen molar-refractivity contribution in [2.24, 2.45) is 5.92 Å². The van der Waals surface area contributed by atoms with Gasteiger partial charge in [-0.15, -0.1) is 0 Å². The van der Waals surface area contributed by atoms with Crippen LogP contribution in [0.15, 0.2) is 24.3 Å².